The third kappa shape index (κ3) is 1.64. The lowest BCUT2D eigenvalue weighted by Gasteiger charge is -2.00. The van der Waals surface area contributed by atoms with Crippen molar-refractivity contribution in [2.24, 2.45) is 10.2 Å². The minimum Gasteiger partial charge on any atom is -0.312 e. The molecular weight excluding hydrogens is 118 g/mol. The van der Waals surface area contributed by atoms with Gasteiger partial charge in [0.2, 0.25) is 6.41 Å². The van der Waals surface area contributed by atoms with Crippen LogP contribution in [-0.2, 0) is 4.79 Å². The number of hydrogen-bond acceptors (Lipinski definition) is 3. The number of carbonyl (C=O) groups excluding carboxylic acids is 1. The second-order valence-corrected chi connectivity index (χ2v) is 1.61. The van der Waals surface area contributed by atoms with Gasteiger partial charge in [-0.25, -0.2) is 0 Å². The largest absolute Gasteiger partial charge is 0.312 e. The maximum atomic E-state index is 9.82. The Labute approximate surface area is 52.7 Å². The highest BCUT2D eigenvalue weighted by molar-refractivity contribution is 5.49. The van der Waals surface area contributed by atoms with Crippen LogP contribution in [0.4, 0.5) is 0 Å². The van der Waals surface area contributed by atoms with Crippen LogP contribution in [0.2, 0.25) is 0 Å². The first-order valence-corrected chi connectivity index (χ1v) is 2.71. The summed E-state index contributed by atoms with van der Waals surface area (Å²) in [6.45, 7) is 0.726. The van der Waals surface area contributed by atoms with Crippen molar-refractivity contribution in [1.29, 1.82) is 0 Å². The van der Waals surface area contributed by atoms with Crippen LogP contribution in [0.1, 0.15) is 6.42 Å². The third-order valence-electron chi connectivity index (χ3n) is 0.952. The fraction of sp³-hybridized carbons (Fsp3) is 0.400. The highest BCUT2D eigenvalue weighted by atomic mass is 16.1. The molecule has 4 nitrogen and oxygen atoms in total. The fourth-order valence-corrected chi connectivity index (χ4v) is 0.574. The van der Waals surface area contributed by atoms with Crippen LogP contribution in [0.5, 0.6) is 0 Å². The van der Waals surface area contributed by atoms with Gasteiger partial charge in [-0.05, 0) is 12.5 Å². The van der Waals surface area contributed by atoms with Gasteiger partial charge in [-0.3, -0.25) is 4.79 Å². The van der Waals surface area contributed by atoms with Crippen molar-refractivity contribution < 1.29 is 4.79 Å². The van der Waals surface area contributed by atoms with Crippen LogP contribution in [0.25, 0.3) is 0 Å². The highest BCUT2D eigenvalue weighted by Crippen LogP contribution is 2.01. The molecule has 1 rings (SSSR count). The van der Waals surface area contributed by atoms with Crippen molar-refractivity contribution in [2.45, 2.75) is 6.42 Å². The zero-order valence-corrected chi connectivity index (χ0v) is 4.87. The van der Waals surface area contributed by atoms with Crippen LogP contribution < -0.4 is 5.32 Å². The van der Waals surface area contributed by atoms with Gasteiger partial charge >= 0.3 is 0 Å². The van der Waals surface area contributed by atoms with E-state index >= 15 is 0 Å². The Bertz CT molecular complexity index is 162. The average molecular weight is 125 g/mol. The molecule has 1 aliphatic rings. The van der Waals surface area contributed by atoms with Crippen molar-refractivity contribution in [3.8, 4) is 0 Å². The molecule has 1 aliphatic heterocycles. The van der Waals surface area contributed by atoms with Crippen LogP contribution in [0.15, 0.2) is 22.1 Å². The van der Waals surface area contributed by atoms with E-state index in [9.17, 15) is 4.79 Å². The van der Waals surface area contributed by atoms with Crippen LogP contribution in [0.3, 0.4) is 0 Å². The molecular formula is C5H7N3O. The predicted molar refractivity (Wildman–Crippen MR) is 31.6 cm³/mol. The van der Waals surface area contributed by atoms with Crippen molar-refractivity contribution in [2.75, 3.05) is 6.54 Å². The molecule has 4 heteroatoms. The molecule has 0 atom stereocenters. The van der Waals surface area contributed by atoms with Gasteiger partial charge in [0, 0.05) is 0 Å². The van der Waals surface area contributed by atoms with Crippen LogP contribution in [-0.4, -0.2) is 13.0 Å². The summed E-state index contributed by atoms with van der Waals surface area (Å²) in [6.07, 6.45) is 3.29. The molecule has 0 bridgehead atoms. The molecule has 1 amide bonds. The summed E-state index contributed by atoms with van der Waals surface area (Å²) in [5, 5.41) is 9.78. The lowest BCUT2D eigenvalue weighted by atomic mass is 10.4. The molecule has 0 saturated heterocycles. The van der Waals surface area contributed by atoms with E-state index in [0.717, 1.165) is 13.0 Å². The zero-order valence-electron chi connectivity index (χ0n) is 4.87. The number of amides is 1. The number of carbonyl (C=O) groups is 1. The first kappa shape index (κ1) is 5.94. The Hall–Kier alpha value is -1.19. The number of nitrogens with one attached hydrogen (secondary N) is 1. The van der Waals surface area contributed by atoms with E-state index in [2.05, 4.69) is 15.5 Å². The monoisotopic (exact) mass is 125 g/mol. The van der Waals surface area contributed by atoms with Gasteiger partial charge in [0.15, 0.2) is 5.82 Å². The average Bonchev–Trinajstić information content (AvgIpc) is 1.91. The molecule has 1 heterocycles. The summed E-state index contributed by atoms with van der Waals surface area (Å²) >= 11 is 0. The lowest BCUT2D eigenvalue weighted by molar-refractivity contribution is -0.108. The van der Waals surface area contributed by atoms with Gasteiger partial charge < -0.3 is 5.32 Å². The van der Waals surface area contributed by atoms with E-state index in [-0.39, 0.29) is 0 Å². The van der Waals surface area contributed by atoms with Crippen molar-refractivity contribution in [3.05, 3.63) is 11.9 Å². The second kappa shape index (κ2) is 2.96. The molecule has 0 unspecified atom stereocenters. The van der Waals surface area contributed by atoms with Gasteiger partial charge in [-0.1, -0.05) is 0 Å². The van der Waals surface area contributed by atoms with Crippen molar-refractivity contribution in [1.82, 2.24) is 5.32 Å². The van der Waals surface area contributed by atoms with Crippen molar-refractivity contribution >= 4 is 6.41 Å². The van der Waals surface area contributed by atoms with Gasteiger partial charge in [0.05, 0.1) is 6.54 Å². The summed E-state index contributed by atoms with van der Waals surface area (Å²) in [4.78, 5) is 9.82. The smallest absolute Gasteiger partial charge is 0.212 e. The molecule has 0 aromatic carbocycles. The Morgan fingerprint density at radius 1 is 1.78 bits per heavy atom. The minimum atomic E-state index is 0.552. The molecule has 0 spiro atoms. The highest BCUT2D eigenvalue weighted by Gasteiger charge is 1.95. The van der Waals surface area contributed by atoms with Gasteiger partial charge in [0.1, 0.15) is 0 Å². The second-order valence-electron chi connectivity index (χ2n) is 1.61. The summed E-state index contributed by atoms with van der Waals surface area (Å²) in [5.74, 6) is 0.552. The molecule has 0 radical (unpaired) electrons. The zero-order chi connectivity index (χ0) is 6.53. The van der Waals surface area contributed by atoms with E-state index in [1.54, 1.807) is 0 Å². The molecule has 0 aromatic heterocycles. The van der Waals surface area contributed by atoms with Gasteiger partial charge in [-0.2, -0.15) is 5.11 Å². The molecule has 0 aromatic rings. The standard InChI is InChI=1S/C5H7N3O/c9-4-6-5-2-1-3-7-8-5/h2,4H,1,3H2,(H,6,9). The maximum Gasteiger partial charge on any atom is 0.212 e. The fourth-order valence-electron chi connectivity index (χ4n) is 0.574. The number of rotatable bonds is 2. The molecule has 0 aliphatic carbocycles. The minimum absolute atomic E-state index is 0.552. The SMILES string of the molecule is O=CNC1=CCCN=N1. The van der Waals surface area contributed by atoms with Crippen LogP contribution >= 0.6 is 0 Å². The molecule has 48 valence electrons. The Morgan fingerprint density at radius 2 is 2.67 bits per heavy atom. The maximum absolute atomic E-state index is 9.82. The van der Waals surface area contributed by atoms with E-state index in [1.807, 2.05) is 6.08 Å². The summed E-state index contributed by atoms with van der Waals surface area (Å²) in [7, 11) is 0. The summed E-state index contributed by atoms with van der Waals surface area (Å²) in [6, 6.07) is 0. The lowest BCUT2D eigenvalue weighted by Crippen LogP contribution is -2.09. The van der Waals surface area contributed by atoms with Crippen molar-refractivity contribution in [3.63, 3.8) is 0 Å². The topological polar surface area (TPSA) is 53.8 Å². The summed E-state index contributed by atoms with van der Waals surface area (Å²) < 4.78 is 0. The first-order chi connectivity index (χ1) is 4.43. The molecule has 1 N–H and O–H groups in total. The predicted octanol–water partition coefficient (Wildman–Crippen LogP) is 0.430. The first-order valence-electron chi connectivity index (χ1n) is 2.71. The van der Waals surface area contributed by atoms with Gasteiger partial charge in [-0.15, -0.1) is 5.11 Å². The quantitative estimate of drug-likeness (QED) is 0.534. The Balaban J connectivity index is 2.47. The number of hydrogen-bond donors (Lipinski definition) is 1. The van der Waals surface area contributed by atoms with E-state index < -0.39 is 0 Å². The van der Waals surface area contributed by atoms with Gasteiger partial charge in [0.25, 0.3) is 0 Å². The Morgan fingerprint density at radius 3 is 3.22 bits per heavy atom. The number of azo groups is 1. The van der Waals surface area contributed by atoms with E-state index in [0.29, 0.717) is 12.2 Å². The third-order valence-corrected chi connectivity index (χ3v) is 0.952. The van der Waals surface area contributed by atoms with E-state index in [1.165, 1.54) is 0 Å². The summed E-state index contributed by atoms with van der Waals surface area (Å²) in [5.41, 5.74) is 0. The molecule has 9 heavy (non-hydrogen) atoms. The van der Waals surface area contributed by atoms with E-state index in [4.69, 9.17) is 0 Å². The molecule has 0 fully saturated rings. The Kier molecular flexibility index (Phi) is 1.95. The number of nitrogens with zero attached hydrogens (tertiary/aromatic N) is 2. The van der Waals surface area contributed by atoms with Crippen LogP contribution in [0, 0.1) is 0 Å². The normalized spacial score (nSPS) is 16.7. The molecule has 0 saturated carbocycles.